The van der Waals surface area contributed by atoms with Crippen molar-refractivity contribution >= 4 is 17.0 Å². The number of aromatic hydroxyl groups is 1. The van der Waals surface area contributed by atoms with Gasteiger partial charge in [0.05, 0.1) is 17.2 Å². The summed E-state index contributed by atoms with van der Waals surface area (Å²) < 4.78 is 6.17. The van der Waals surface area contributed by atoms with E-state index in [2.05, 4.69) is 16.4 Å². The summed E-state index contributed by atoms with van der Waals surface area (Å²) in [5.74, 6) is 1.61. The number of hydrogen-bond acceptors (Lipinski definition) is 5. The third-order valence-corrected chi connectivity index (χ3v) is 7.97. The topological polar surface area (TPSA) is 99.2 Å². The minimum atomic E-state index is -0.143. The molecular formula is C30H27N3O3. The first-order valence-electron chi connectivity index (χ1n) is 12.5. The molecule has 3 fully saturated rings. The Morgan fingerprint density at radius 1 is 1.08 bits per heavy atom. The molecule has 2 N–H and O–H groups in total. The molecule has 3 saturated carbocycles. The van der Waals surface area contributed by atoms with E-state index in [-0.39, 0.29) is 17.7 Å². The first kappa shape index (κ1) is 22.4. The van der Waals surface area contributed by atoms with Gasteiger partial charge in [-0.15, -0.1) is 0 Å². The van der Waals surface area contributed by atoms with Crippen LogP contribution in [0.2, 0.25) is 0 Å². The Morgan fingerprint density at radius 3 is 2.64 bits per heavy atom. The normalized spacial score (nSPS) is 20.8. The number of phenolic OH excluding ortho intramolecular Hbond substituents is 1. The van der Waals surface area contributed by atoms with Crippen LogP contribution in [-0.4, -0.2) is 22.0 Å². The van der Waals surface area contributed by atoms with E-state index in [0.29, 0.717) is 39.5 Å². The molecule has 2 aromatic heterocycles. The molecule has 1 unspecified atom stereocenters. The SMILES string of the molecule is Cc1ccc(-c2ccnc3cc(-c4ccc(C(=O)NC5CC6CCC5CC6)cc4O)oc23)cc1C#N. The summed E-state index contributed by atoms with van der Waals surface area (Å²) in [5.41, 5.74) is 5.36. The number of rotatable bonds is 4. The van der Waals surface area contributed by atoms with E-state index >= 15 is 0 Å². The third-order valence-electron chi connectivity index (χ3n) is 7.97. The van der Waals surface area contributed by atoms with Gasteiger partial charge in [-0.25, -0.2) is 0 Å². The van der Waals surface area contributed by atoms with Gasteiger partial charge in [0.25, 0.3) is 5.91 Å². The molecule has 2 heterocycles. The van der Waals surface area contributed by atoms with Crippen molar-refractivity contribution in [3.05, 3.63) is 71.4 Å². The highest BCUT2D eigenvalue weighted by molar-refractivity contribution is 5.96. The molecule has 3 aliphatic carbocycles. The molecule has 6 nitrogen and oxygen atoms in total. The van der Waals surface area contributed by atoms with E-state index in [0.717, 1.165) is 29.0 Å². The fraction of sp³-hybridized carbons (Fsp3) is 0.300. The van der Waals surface area contributed by atoms with Crippen molar-refractivity contribution < 1.29 is 14.3 Å². The number of carbonyl (C=O) groups is 1. The van der Waals surface area contributed by atoms with E-state index in [9.17, 15) is 15.2 Å². The smallest absolute Gasteiger partial charge is 0.251 e. The molecule has 0 saturated heterocycles. The maximum absolute atomic E-state index is 12.9. The second-order valence-corrected chi connectivity index (χ2v) is 10.2. The molecule has 0 spiro atoms. The van der Waals surface area contributed by atoms with Gasteiger partial charge in [0.2, 0.25) is 0 Å². The van der Waals surface area contributed by atoms with Gasteiger partial charge in [-0.3, -0.25) is 9.78 Å². The number of pyridine rings is 1. The van der Waals surface area contributed by atoms with Crippen molar-refractivity contribution in [3.8, 4) is 34.3 Å². The molecule has 0 aliphatic heterocycles. The number of fused-ring (bicyclic) bond motifs is 4. The zero-order valence-corrected chi connectivity index (χ0v) is 20.1. The van der Waals surface area contributed by atoms with E-state index in [1.54, 1.807) is 24.4 Å². The number of nitrogens with one attached hydrogen (secondary N) is 1. The molecule has 1 amide bonds. The minimum Gasteiger partial charge on any atom is -0.507 e. The number of nitriles is 1. The lowest BCUT2D eigenvalue weighted by atomic mass is 9.68. The lowest BCUT2D eigenvalue weighted by Gasteiger charge is -2.42. The van der Waals surface area contributed by atoms with Crippen LogP contribution in [0.1, 0.15) is 53.6 Å². The second kappa shape index (κ2) is 8.83. The number of hydrogen-bond donors (Lipinski definition) is 2. The van der Waals surface area contributed by atoms with E-state index < -0.39 is 0 Å². The predicted molar refractivity (Wildman–Crippen MR) is 137 cm³/mol. The van der Waals surface area contributed by atoms with Crippen LogP contribution in [0.15, 0.2) is 59.1 Å². The Bertz CT molecular complexity index is 1520. The maximum atomic E-state index is 12.9. The molecule has 36 heavy (non-hydrogen) atoms. The van der Waals surface area contributed by atoms with E-state index in [1.165, 1.54) is 31.7 Å². The fourth-order valence-electron chi connectivity index (χ4n) is 5.90. The van der Waals surface area contributed by atoms with Crippen molar-refractivity contribution in [1.82, 2.24) is 10.3 Å². The highest BCUT2D eigenvalue weighted by Crippen LogP contribution is 2.41. The number of nitrogens with zero attached hydrogens (tertiary/aromatic N) is 2. The Balaban J connectivity index is 1.29. The molecule has 1 atom stereocenters. The molecule has 0 radical (unpaired) electrons. The quantitative estimate of drug-likeness (QED) is 0.356. The van der Waals surface area contributed by atoms with E-state index in [1.807, 2.05) is 31.2 Å². The molecule has 180 valence electrons. The van der Waals surface area contributed by atoms with Gasteiger partial charge in [0.1, 0.15) is 17.0 Å². The Morgan fingerprint density at radius 2 is 1.92 bits per heavy atom. The average molecular weight is 478 g/mol. The molecular weight excluding hydrogens is 450 g/mol. The van der Waals surface area contributed by atoms with Gasteiger partial charge in [-0.1, -0.05) is 25.0 Å². The number of carbonyl (C=O) groups excluding carboxylic acids is 1. The Kier molecular flexibility index (Phi) is 5.49. The predicted octanol–water partition coefficient (Wildman–Crippen LogP) is 6.36. The van der Waals surface area contributed by atoms with Gasteiger partial charge in [0.15, 0.2) is 5.58 Å². The second-order valence-electron chi connectivity index (χ2n) is 10.2. The standard InChI is InChI=1S/C30H27N3O3/c1-17-2-5-20(13-22(17)16-31)23-10-11-32-26-15-28(36-29(23)26)24-9-8-21(14-27(24)34)30(35)33-25-12-18-3-6-19(25)7-4-18/h2,5,8-11,13-15,18-19,25,34H,3-4,6-7,12H2,1H3,(H,33,35). The number of aryl methyl sites for hydroxylation is 1. The monoisotopic (exact) mass is 477 g/mol. The number of aromatic nitrogens is 1. The highest BCUT2D eigenvalue weighted by atomic mass is 16.3. The fourth-order valence-corrected chi connectivity index (χ4v) is 5.90. The van der Waals surface area contributed by atoms with Crippen molar-refractivity contribution in [2.24, 2.45) is 11.8 Å². The first-order valence-corrected chi connectivity index (χ1v) is 12.5. The van der Waals surface area contributed by atoms with E-state index in [4.69, 9.17) is 4.42 Å². The van der Waals surface area contributed by atoms with Crippen LogP contribution in [0.4, 0.5) is 0 Å². The molecule has 7 rings (SSSR count). The molecule has 4 aromatic rings. The van der Waals surface area contributed by atoms with Crippen molar-refractivity contribution in [3.63, 3.8) is 0 Å². The molecule has 2 aromatic carbocycles. The zero-order chi connectivity index (χ0) is 24.8. The molecule has 6 heteroatoms. The highest BCUT2D eigenvalue weighted by Gasteiger charge is 2.36. The summed E-state index contributed by atoms with van der Waals surface area (Å²) >= 11 is 0. The summed E-state index contributed by atoms with van der Waals surface area (Å²) in [7, 11) is 0. The number of amides is 1. The van der Waals surface area contributed by atoms with Gasteiger partial charge >= 0.3 is 0 Å². The summed E-state index contributed by atoms with van der Waals surface area (Å²) in [5, 5.41) is 23.5. The van der Waals surface area contributed by atoms with Gasteiger partial charge in [-0.05, 0) is 79.5 Å². The number of benzene rings is 2. The number of phenols is 1. The zero-order valence-electron chi connectivity index (χ0n) is 20.1. The largest absolute Gasteiger partial charge is 0.507 e. The lowest BCUT2D eigenvalue weighted by molar-refractivity contribution is 0.0810. The van der Waals surface area contributed by atoms with Crippen molar-refractivity contribution in [2.45, 2.75) is 45.1 Å². The van der Waals surface area contributed by atoms with Crippen LogP contribution in [-0.2, 0) is 0 Å². The first-order chi connectivity index (χ1) is 17.5. The summed E-state index contributed by atoms with van der Waals surface area (Å²) in [6.07, 6.45) is 7.72. The van der Waals surface area contributed by atoms with Crippen LogP contribution >= 0.6 is 0 Å². The van der Waals surface area contributed by atoms with Gasteiger partial charge in [-0.2, -0.15) is 5.26 Å². The third kappa shape index (κ3) is 3.91. The van der Waals surface area contributed by atoms with Crippen LogP contribution in [0.5, 0.6) is 5.75 Å². The van der Waals surface area contributed by atoms with Gasteiger partial charge < -0.3 is 14.8 Å². The maximum Gasteiger partial charge on any atom is 0.251 e. The van der Waals surface area contributed by atoms with Crippen LogP contribution in [0.25, 0.3) is 33.6 Å². The number of furan rings is 1. The van der Waals surface area contributed by atoms with Crippen molar-refractivity contribution in [1.29, 1.82) is 5.26 Å². The molecule has 3 aliphatic rings. The lowest BCUT2D eigenvalue weighted by Crippen LogP contribution is -2.47. The summed E-state index contributed by atoms with van der Waals surface area (Å²) in [6.45, 7) is 1.90. The minimum absolute atomic E-state index is 0.0180. The average Bonchev–Trinajstić information content (AvgIpc) is 3.34. The molecule has 2 bridgehead atoms. The van der Waals surface area contributed by atoms with Gasteiger partial charge in [0, 0.05) is 29.4 Å². The van der Waals surface area contributed by atoms with Crippen LogP contribution in [0, 0.1) is 30.1 Å². The Hall–Kier alpha value is -4.11. The van der Waals surface area contributed by atoms with Crippen molar-refractivity contribution in [2.75, 3.05) is 0 Å². The Labute approximate surface area is 209 Å². The van der Waals surface area contributed by atoms with Crippen LogP contribution in [0.3, 0.4) is 0 Å². The summed E-state index contributed by atoms with van der Waals surface area (Å²) in [6, 6.07) is 16.8. The van der Waals surface area contributed by atoms with Crippen LogP contribution < -0.4 is 5.32 Å². The summed E-state index contributed by atoms with van der Waals surface area (Å²) in [4.78, 5) is 17.4.